The number of hydrogen-bond acceptors (Lipinski definition) is 4. The molecule has 0 atom stereocenters. The van der Waals surface area contributed by atoms with E-state index in [4.69, 9.17) is 15.9 Å². The Labute approximate surface area is 88.4 Å². The first-order valence-electron chi connectivity index (χ1n) is 4.11. The van der Waals surface area contributed by atoms with Gasteiger partial charge < -0.3 is 9.52 Å². The Morgan fingerprint density at radius 3 is 2.73 bits per heavy atom. The molecular weight excluding hydrogens is 218 g/mol. The molecule has 1 heterocycles. The first kappa shape index (κ1) is 11.8. The number of nitrogens with zero attached hydrogens (tertiary/aromatic N) is 1. The molecule has 1 N–H and O–H groups in total. The van der Waals surface area contributed by atoms with Crippen molar-refractivity contribution in [1.29, 1.82) is 0 Å². The van der Waals surface area contributed by atoms with Crippen molar-refractivity contribution < 1.29 is 17.9 Å². The van der Waals surface area contributed by atoms with Crippen molar-refractivity contribution >= 4 is 10.0 Å². The van der Waals surface area contributed by atoms with E-state index >= 15 is 0 Å². The maximum absolute atomic E-state index is 11.7. The van der Waals surface area contributed by atoms with Crippen LogP contribution in [0.5, 0.6) is 0 Å². The monoisotopic (exact) mass is 229 g/mol. The minimum atomic E-state index is -3.68. The lowest BCUT2D eigenvalue weighted by atomic mass is 10.5. The van der Waals surface area contributed by atoms with Gasteiger partial charge in [0.2, 0.25) is 5.09 Å². The highest BCUT2D eigenvalue weighted by molar-refractivity contribution is 7.89. The minimum Gasteiger partial charge on any atom is -0.446 e. The van der Waals surface area contributed by atoms with Crippen LogP contribution < -0.4 is 0 Å². The van der Waals surface area contributed by atoms with E-state index in [-0.39, 0.29) is 24.0 Å². The SMILES string of the molecule is C#CCN(C)S(=O)(=O)c1ccc(CO)o1. The summed E-state index contributed by atoms with van der Waals surface area (Å²) < 4.78 is 29.3. The quantitative estimate of drug-likeness (QED) is 0.739. The lowest BCUT2D eigenvalue weighted by molar-refractivity contribution is 0.235. The Morgan fingerprint density at radius 1 is 1.60 bits per heavy atom. The maximum Gasteiger partial charge on any atom is 0.277 e. The summed E-state index contributed by atoms with van der Waals surface area (Å²) in [5, 5.41) is 8.51. The average molecular weight is 229 g/mol. The predicted molar refractivity (Wildman–Crippen MR) is 53.3 cm³/mol. The van der Waals surface area contributed by atoms with Gasteiger partial charge in [-0.15, -0.1) is 6.42 Å². The third-order valence-corrected chi connectivity index (χ3v) is 3.45. The van der Waals surface area contributed by atoms with Crippen LogP contribution in [0.3, 0.4) is 0 Å². The van der Waals surface area contributed by atoms with Gasteiger partial charge in [-0.2, -0.15) is 4.31 Å². The van der Waals surface area contributed by atoms with Crippen LogP contribution in [-0.4, -0.2) is 31.4 Å². The molecule has 1 rings (SSSR count). The molecule has 82 valence electrons. The number of sulfonamides is 1. The Hall–Kier alpha value is -1.29. The van der Waals surface area contributed by atoms with Gasteiger partial charge in [0, 0.05) is 7.05 Å². The summed E-state index contributed by atoms with van der Waals surface area (Å²) in [6.45, 7) is -0.369. The molecule has 0 aliphatic carbocycles. The Balaban J connectivity index is 3.01. The molecule has 0 spiro atoms. The van der Waals surface area contributed by atoms with E-state index in [0.29, 0.717) is 0 Å². The average Bonchev–Trinajstić information content (AvgIpc) is 2.66. The Morgan fingerprint density at radius 2 is 2.27 bits per heavy atom. The van der Waals surface area contributed by atoms with E-state index < -0.39 is 10.0 Å². The third kappa shape index (κ3) is 2.39. The van der Waals surface area contributed by atoms with Crippen LogP contribution in [0.4, 0.5) is 0 Å². The summed E-state index contributed by atoms with van der Waals surface area (Å²) in [6, 6.07) is 2.69. The van der Waals surface area contributed by atoms with E-state index in [1.807, 2.05) is 0 Å². The van der Waals surface area contributed by atoms with E-state index in [0.717, 1.165) is 4.31 Å². The molecule has 0 aromatic carbocycles. The normalized spacial score (nSPS) is 11.6. The fourth-order valence-electron chi connectivity index (χ4n) is 0.949. The third-order valence-electron chi connectivity index (χ3n) is 1.77. The van der Waals surface area contributed by atoms with E-state index in [1.165, 1.54) is 19.2 Å². The molecule has 0 unspecified atom stereocenters. The van der Waals surface area contributed by atoms with Crippen LogP contribution in [0.15, 0.2) is 21.6 Å². The van der Waals surface area contributed by atoms with E-state index in [9.17, 15) is 8.42 Å². The van der Waals surface area contributed by atoms with E-state index in [1.54, 1.807) is 0 Å². The molecule has 0 aliphatic heterocycles. The van der Waals surface area contributed by atoms with Gasteiger partial charge in [0.05, 0.1) is 6.54 Å². The molecule has 0 amide bonds. The molecule has 0 fully saturated rings. The van der Waals surface area contributed by atoms with Crippen molar-refractivity contribution in [3.8, 4) is 12.3 Å². The number of hydrogen-bond donors (Lipinski definition) is 1. The summed E-state index contributed by atoms with van der Waals surface area (Å²) in [5.41, 5.74) is 0. The summed E-state index contributed by atoms with van der Waals surface area (Å²) in [7, 11) is -2.32. The highest BCUT2D eigenvalue weighted by Gasteiger charge is 2.23. The highest BCUT2D eigenvalue weighted by atomic mass is 32.2. The van der Waals surface area contributed by atoms with Crippen LogP contribution in [0.25, 0.3) is 0 Å². The van der Waals surface area contributed by atoms with Crippen LogP contribution in [0, 0.1) is 12.3 Å². The van der Waals surface area contributed by atoms with Gasteiger partial charge in [-0.1, -0.05) is 5.92 Å². The van der Waals surface area contributed by atoms with Crippen molar-refractivity contribution in [2.75, 3.05) is 13.6 Å². The summed E-state index contributed by atoms with van der Waals surface area (Å²) in [6.07, 6.45) is 5.01. The van der Waals surface area contributed by atoms with Gasteiger partial charge in [0.15, 0.2) is 0 Å². The minimum absolute atomic E-state index is 0.0303. The van der Waals surface area contributed by atoms with Crippen molar-refractivity contribution in [3.63, 3.8) is 0 Å². The second-order valence-electron chi connectivity index (χ2n) is 2.84. The number of aliphatic hydroxyl groups excluding tert-OH is 1. The van der Waals surface area contributed by atoms with Gasteiger partial charge in [-0.3, -0.25) is 0 Å². The molecule has 1 aromatic heterocycles. The fourth-order valence-corrected chi connectivity index (χ4v) is 1.95. The lowest BCUT2D eigenvalue weighted by Crippen LogP contribution is -2.26. The molecule has 0 aliphatic rings. The number of terminal acetylenes is 1. The van der Waals surface area contributed by atoms with Gasteiger partial charge >= 0.3 is 0 Å². The van der Waals surface area contributed by atoms with Crippen LogP contribution in [0.1, 0.15) is 5.76 Å². The summed E-state index contributed by atoms with van der Waals surface area (Å²) >= 11 is 0. The highest BCUT2D eigenvalue weighted by Crippen LogP contribution is 2.17. The number of aliphatic hydroxyl groups is 1. The number of rotatable bonds is 4. The molecule has 0 bridgehead atoms. The number of furan rings is 1. The van der Waals surface area contributed by atoms with Crippen molar-refractivity contribution in [2.45, 2.75) is 11.7 Å². The molecule has 0 saturated heterocycles. The Kier molecular flexibility index (Phi) is 3.52. The Bertz CT molecular complexity index is 469. The summed E-state index contributed by atoms with van der Waals surface area (Å²) in [4.78, 5) is 0. The zero-order valence-electron chi connectivity index (χ0n) is 8.17. The van der Waals surface area contributed by atoms with Crippen molar-refractivity contribution in [2.24, 2.45) is 0 Å². The molecule has 5 nitrogen and oxygen atoms in total. The van der Waals surface area contributed by atoms with Crippen LogP contribution in [0.2, 0.25) is 0 Å². The smallest absolute Gasteiger partial charge is 0.277 e. The van der Waals surface area contributed by atoms with Crippen LogP contribution in [-0.2, 0) is 16.6 Å². The lowest BCUT2D eigenvalue weighted by Gasteiger charge is -2.11. The zero-order valence-corrected chi connectivity index (χ0v) is 8.99. The van der Waals surface area contributed by atoms with Crippen molar-refractivity contribution in [1.82, 2.24) is 4.31 Å². The first-order valence-corrected chi connectivity index (χ1v) is 5.55. The molecule has 15 heavy (non-hydrogen) atoms. The van der Waals surface area contributed by atoms with Crippen LogP contribution >= 0.6 is 0 Å². The zero-order chi connectivity index (χ0) is 11.5. The van der Waals surface area contributed by atoms with E-state index in [2.05, 4.69) is 5.92 Å². The molecule has 0 radical (unpaired) electrons. The molecule has 6 heteroatoms. The maximum atomic E-state index is 11.7. The second kappa shape index (κ2) is 4.49. The second-order valence-corrected chi connectivity index (χ2v) is 4.82. The van der Waals surface area contributed by atoms with Gasteiger partial charge in [-0.25, -0.2) is 8.42 Å². The topological polar surface area (TPSA) is 70.8 Å². The van der Waals surface area contributed by atoms with Gasteiger partial charge in [0.25, 0.3) is 10.0 Å². The first-order chi connectivity index (χ1) is 7.02. The molecular formula is C9H11NO4S. The fraction of sp³-hybridized carbons (Fsp3) is 0.333. The predicted octanol–water partition coefficient (Wildman–Crippen LogP) is 0.0256. The largest absolute Gasteiger partial charge is 0.446 e. The van der Waals surface area contributed by atoms with Crippen molar-refractivity contribution in [3.05, 3.63) is 17.9 Å². The van der Waals surface area contributed by atoms with Gasteiger partial charge in [0.1, 0.15) is 12.4 Å². The molecule has 0 saturated carbocycles. The standard InChI is InChI=1S/C9H11NO4S/c1-3-6-10(2)15(12,13)9-5-4-8(7-11)14-9/h1,4-5,11H,6-7H2,2H3. The molecule has 1 aromatic rings. The van der Waals surface area contributed by atoms with Gasteiger partial charge in [-0.05, 0) is 12.1 Å². The summed E-state index contributed by atoms with van der Waals surface area (Å²) in [5.74, 6) is 2.42.